The molecule has 0 unspecified atom stereocenters. The number of halogens is 2. The molecule has 0 amide bonds. The summed E-state index contributed by atoms with van der Waals surface area (Å²) in [5, 5.41) is 15.4. The summed E-state index contributed by atoms with van der Waals surface area (Å²) in [4.78, 5) is 18.7. The van der Waals surface area contributed by atoms with Crippen LogP contribution in [-0.4, -0.2) is 14.9 Å². The molecule has 1 heterocycles. The van der Waals surface area contributed by atoms with Crippen LogP contribution in [-0.2, 0) is 0 Å². The van der Waals surface area contributed by atoms with E-state index in [2.05, 4.69) is 15.3 Å². The summed E-state index contributed by atoms with van der Waals surface area (Å²) >= 11 is 12.1. The second kappa shape index (κ2) is 5.75. The summed E-state index contributed by atoms with van der Waals surface area (Å²) in [7, 11) is 0. The zero-order chi connectivity index (χ0) is 15.7. The predicted octanol–water partition coefficient (Wildman–Crippen LogP) is 4.59. The normalized spacial score (nSPS) is 10.6. The Bertz CT molecular complexity index is 886. The van der Waals surface area contributed by atoms with Crippen molar-refractivity contribution in [3.05, 3.63) is 62.9 Å². The Morgan fingerprint density at radius 2 is 1.91 bits per heavy atom. The number of nitrogens with one attached hydrogen (secondary N) is 1. The monoisotopic (exact) mass is 334 g/mol. The number of rotatable bonds is 3. The molecule has 0 aliphatic heterocycles. The summed E-state index contributed by atoms with van der Waals surface area (Å²) in [6.07, 6.45) is 1.37. The fourth-order valence-electron chi connectivity index (χ4n) is 1.98. The van der Waals surface area contributed by atoms with Crippen molar-refractivity contribution >= 4 is 51.3 Å². The molecule has 0 saturated carbocycles. The fourth-order valence-corrected chi connectivity index (χ4v) is 2.32. The zero-order valence-electron chi connectivity index (χ0n) is 11.0. The van der Waals surface area contributed by atoms with Crippen molar-refractivity contribution in [2.24, 2.45) is 0 Å². The summed E-state index contributed by atoms with van der Waals surface area (Å²) in [6.45, 7) is 0. The van der Waals surface area contributed by atoms with Gasteiger partial charge < -0.3 is 5.32 Å². The number of hydrogen-bond donors (Lipinski definition) is 1. The highest BCUT2D eigenvalue weighted by Gasteiger charge is 2.12. The third kappa shape index (κ3) is 2.79. The number of nitro benzene ring substituents is 1. The second-order valence-corrected chi connectivity index (χ2v) is 5.27. The minimum atomic E-state index is -0.470. The average molecular weight is 335 g/mol. The number of aromatic nitrogens is 2. The molecule has 0 spiro atoms. The van der Waals surface area contributed by atoms with Gasteiger partial charge >= 0.3 is 0 Å². The molecule has 0 bridgehead atoms. The van der Waals surface area contributed by atoms with Crippen molar-refractivity contribution in [1.82, 2.24) is 9.97 Å². The summed E-state index contributed by atoms with van der Waals surface area (Å²) < 4.78 is 0. The van der Waals surface area contributed by atoms with Gasteiger partial charge in [0.1, 0.15) is 12.1 Å². The van der Waals surface area contributed by atoms with Crippen molar-refractivity contribution < 1.29 is 4.92 Å². The topological polar surface area (TPSA) is 81.0 Å². The first-order valence-corrected chi connectivity index (χ1v) is 6.91. The maximum atomic E-state index is 10.9. The van der Waals surface area contributed by atoms with Gasteiger partial charge in [-0.25, -0.2) is 9.97 Å². The van der Waals surface area contributed by atoms with Crippen LogP contribution in [0.2, 0.25) is 10.0 Å². The highest BCUT2D eigenvalue weighted by atomic mass is 35.5. The van der Waals surface area contributed by atoms with Gasteiger partial charge in [-0.05, 0) is 24.3 Å². The maximum absolute atomic E-state index is 10.9. The molecule has 1 aromatic heterocycles. The van der Waals surface area contributed by atoms with Gasteiger partial charge in [-0.15, -0.1) is 0 Å². The number of hydrogen-bond acceptors (Lipinski definition) is 5. The van der Waals surface area contributed by atoms with E-state index in [9.17, 15) is 10.1 Å². The second-order valence-electron chi connectivity index (χ2n) is 4.43. The maximum Gasteiger partial charge on any atom is 0.270 e. The molecule has 6 nitrogen and oxygen atoms in total. The molecule has 2 aromatic carbocycles. The van der Waals surface area contributed by atoms with Crippen LogP contribution in [0.5, 0.6) is 0 Å². The van der Waals surface area contributed by atoms with Gasteiger partial charge in [-0.1, -0.05) is 23.2 Å². The fraction of sp³-hybridized carbons (Fsp3) is 0. The smallest absolute Gasteiger partial charge is 0.270 e. The van der Waals surface area contributed by atoms with Gasteiger partial charge in [0.15, 0.2) is 0 Å². The van der Waals surface area contributed by atoms with Crippen molar-refractivity contribution in [3.63, 3.8) is 0 Å². The molecule has 0 aliphatic rings. The molecule has 0 aliphatic carbocycles. The average Bonchev–Trinajstić information content (AvgIpc) is 2.50. The molecular weight excluding hydrogens is 327 g/mol. The van der Waals surface area contributed by atoms with Crippen molar-refractivity contribution in [3.8, 4) is 0 Å². The largest absolute Gasteiger partial charge is 0.338 e. The van der Waals surface area contributed by atoms with Crippen molar-refractivity contribution in [1.29, 1.82) is 0 Å². The van der Waals surface area contributed by atoms with E-state index < -0.39 is 4.92 Å². The minimum Gasteiger partial charge on any atom is -0.338 e. The van der Waals surface area contributed by atoms with E-state index in [4.69, 9.17) is 23.2 Å². The van der Waals surface area contributed by atoms with Crippen molar-refractivity contribution in [2.75, 3.05) is 5.32 Å². The third-order valence-corrected chi connectivity index (χ3v) is 3.58. The first kappa shape index (κ1) is 14.5. The van der Waals surface area contributed by atoms with Crippen LogP contribution in [0.25, 0.3) is 10.9 Å². The lowest BCUT2D eigenvalue weighted by molar-refractivity contribution is -0.384. The van der Waals surface area contributed by atoms with Crippen LogP contribution in [0.3, 0.4) is 0 Å². The lowest BCUT2D eigenvalue weighted by Crippen LogP contribution is -1.97. The minimum absolute atomic E-state index is 0.0393. The predicted molar refractivity (Wildman–Crippen MR) is 85.9 cm³/mol. The van der Waals surface area contributed by atoms with Gasteiger partial charge in [0.2, 0.25) is 0 Å². The van der Waals surface area contributed by atoms with Crippen LogP contribution in [0.1, 0.15) is 0 Å². The van der Waals surface area contributed by atoms with Crippen LogP contribution >= 0.6 is 23.2 Å². The number of nitro groups is 1. The quantitative estimate of drug-likeness (QED) is 0.559. The Morgan fingerprint density at radius 1 is 1.09 bits per heavy atom. The molecule has 3 aromatic rings. The number of nitrogens with zero attached hydrogens (tertiary/aromatic N) is 3. The van der Waals surface area contributed by atoms with E-state index in [1.807, 2.05) is 0 Å². The van der Waals surface area contributed by atoms with Crippen LogP contribution in [0, 0.1) is 10.1 Å². The van der Waals surface area contributed by atoms with Crippen LogP contribution < -0.4 is 5.32 Å². The summed E-state index contributed by atoms with van der Waals surface area (Å²) in [5.74, 6) is 0.415. The number of fused-ring (bicyclic) bond motifs is 1. The molecule has 0 radical (unpaired) electrons. The van der Waals surface area contributed by atoms with Gasteiger partial charge in [0.25, 0.3) is 5.69 Å². The molecule has 0 atom stereocenters. The standard InChI is InChI=1S/C14H8Cl2N4O2/c15-8-1-3-11(16)13(5-8)19-14-10-6-9(20(21)22)2-4-12(10)17-7-18-14/h1-7H,(H,17,18,19). The van der Waals surface area contributed by atoms with Gasteiger partial charge in [0, 0.05) is 22.5 Å². The van der Waals surface area contributed by atoms with Gasteiger partial charge in [-0.3, -0.25) is 10.1 Å². The molecule has 0 saturated heterocycles. The summed E-state index contributed by atoms with van der Waals surface area (Å²) in [5.41, 5.74) is 1.10. The zero-order valence-corrected chi connectivity index (χ0v) is 12.5. The Labute approximate surface area is 134 Å². The molecule has 22 heavy (non-hydrogen) atoms. The van der Waals surface area contributed by atoms with Crippen LogP contribution in [0.15, 0.2) is 42.7 Å². The van der Waals surface area contributed by atoms with E-state index in [-0.39, 0.29) is 5.69 Å². The van der Waals surface area contributed by atoms with E-state index in [0.717, 1.165) is 0 Å². The number of anilines is 2. The Morgan fingerprint density at radius 3 is 2.68 bits per heavy atom. The molecular formula is C14H8Cl2N4O2. The van der Waals surface area contributed by atoms with E-state index >= 15 is 0 Å². The van der Waals surface area contributed by atoms with E-state index in [0.29, 0.717) is 32.5 Å². The number of benzene rings is 2. The highest BCUT2D eigenvalue weighted by Crippen LogP contribution is 2.31. The van der Waals surface area contributed by atoms with Crippen LogP contribution in [0.4, 0.5) is 17.2 Å². The SMILES string of the molecule is O=[N+]([O-])c1ccc2ncnc(Nc3cc(Cl)ccc3Cl)c2c1. The Hall–Kier alpha value is -2.44. The van der Waals surface area contributed by atoms with E-state index in [1.54, 1.807) is 24.3 Å². The molecule has 0 fully saturated rings. The first-order chi connectivity index (χ1) is 10.5. The summed E-state index contributed by atoms with van der Waals surface area (Å²) in [6, 6.07) is 9.34. The molecule has 8 heteroatoms. The van der Waals surface area contributed by atoms with Crippen molar-refractivity contribution in [2.45, 2.75) is 0 Å². The highest BCUT2D eigenvalue weighted by molar-refractivity contribution is 6.35. The lowest BCUT2D eigenvalue weighted by atomic mass is 10.2. The van der Waals surface area contributed by atoms with Gasteiger partial charge in [-0.2, -0.15) is 0 Å². The Balaban J connectivity index is 2.12. The first-order valence-electron chi connectivity index (χ1n) is 6.16. The molecule has 1 N–H and O–H groups in total. The lowest BCUT2D eigenvalue weighted by Gasteiger charge is -2.10. The Kier molecular flexibility index (Phi) is 3.79. The third-order valence-electron chi connectivity index (χ3n) is 3.01. The van der Waals surface area contributed by atoms with E-state index in [1.165, 1.54) is 18.5 Å². The number of non-ortho nitro benzene ring substituents is 1. The molecule has 3 rings (SSSR count). The van der Waals surface area contributed by atoms with Gasteiger partial charge in [0.05, 0.1) is 21.2 Å². The molecule has 110 valence electrons.